The van der Waals surface area contributed by atoms with Crippen LogP contribution in [0.4, 0.5) is 5.69 Å². The summed E-state index contributed by atoms with van der Waals surface area (Å²) >= 11 is 0. The van der Waals surface area contributed by atoms with Gasteiger partial charge in [0.15, 0.2) is 5.82 Å². The number of methoxy groups -OCH3 is 1. The maximum atomic E-state index is 5.28. The Labute approximate surface area is 167 Å². The van der Waals surface area contributed by atoms with Gasteiger partial charge in [0.25, 0.3) is 0 Å². The SMILES string of the molecule is CCC[C@H](c1nnnn1C1CCCC1)N1CCN(c2ccc(OC)cc2)CC1. The highest BCUT2D eigenvalue weighted by atomic mass is 16.5. The average molecular weight is 385 g/mol. The molecular weight excluding hydrogens is 352 g/mol. The van der Waals surface area contributed by atoms with Gasteiger partial charge in [-0.1, -0.05) is 26.2 Å². The Hall–Kier alpha value is -2.15. The fourth-order valence-electron chi connectivity index (χ4n) is 4.66. The summed E-state index contributed by atoms with van der Waals surface area (Å²) in [6.45, 7) is 6.38. The molecule has 2 aromatic rings. The molecule has 1 aromatic heterocycles. The van der Waals surface area contributed by atoms with Crippen molar-refractivity contribution in [3.8, 4) is 5.75 Å². The van der Waals surface area contributed by atoms with Gasteiger partial charge in [-0.25, -0.2) is 4.68 Å². The number of benzene rings is 1. The first-order valence-corrected chi connectivity index (χ1v) is 10.7. The third-order valence-electron chi connectivity index (χ3n) is 6.24. The molecule has 152 valence electrons. The molecule has 1 aliphatic carbocycles. The van der Waals surface area contributed by atoms with E-state index in [0.29, 0.717) is 12.1 Å². The van der Waals surface area contributed by atoms with E-state index in [0.717, 1.165) is 50.6 Å². The number of anilines is 1. The molecule has 0 bridgehead atoms. The van der Waals surface area contributed by atoms with Gasteiger partial charge in [-0.05, 0) is 54.0 Å². The van der Waals surface area contributed by atoms with Crippen molar-refractivity contribution in [2.75, 3.05) is 38.2 Å². The van der Waals surface area contributed by atoms with Gasteiger partial charge in [-0.3, -0.25) is 4.90 Å². The molecule has 1 atom stereocenters. The van der Waals surface area contributed by atoms with E-state index in [1.165, 1.54) is 31.4 Å². The van der Waals surface area contributed by atoms with Crippen molar-refractivity contribution in [3.05, 3.63) is 30.1 Å². The topological polar surface area (TPSA) is 59.3 Å². The fraction of sp³-hybridized carbons (Fsp3) is 0.667. The Morgan fingerprint density at radius 1 is 1.07 bits per heavy atom. The van der Waals surface area contributed by atoms with Crippen LogP contribution in [0.5, 0.6) is 5.75 Å². The summed E-state index contributed by atoms with van der Waals surface area (Å²) in [6.07, 6.45) is 7.26. The van der Waals surface area contributed by atoms with Crippen molar-refractivity contribution in [2.24, 2.45) is 0 Å². The second-order valence-corrected chi connectivity index (χ2v) is 7.95. The van der Waals surface area contributed by atoms with Crippen LogP contribution in [0.15, 0.2) is 24.3 Å². The van der Waals surface area contributed by atoms with Gasteiger partial charge in [-0.15, -0.1) is 5.10 Å². The van der Waals surface area contributed by atoms with Crippen molar-refractivity contribution in [3.63, 3.8) is 0 Å². The van der Waals surface area contributed by atoms with Crippen LogP contribution in [0.3, 0.4) is 0 Å². The third kappa shape index (κ3) is 3.99. The minimum Gasteiger partial charge on any atom is -0.497 e. The van der Waals surface area contributed by atoms with E-state index in [2.05, 4.69) is 49.1 Å². The van der Waals surface area contributed by atoms with Crippen LogP contribution < -0.4 is 9.64 Å². The van der Waals surface area contributed by atoms with Crippen LogP contribution in [-0.4, -0.2) is 58.4 Å². The number of nitrogens with zero attached hydrogens (tertiary/aromatic N) is 6. The summed E-state index contributed by atoms with van der Waals surface area (Å²) in [6, 6.07) is 9.19. The molecule has 0 unspecified atom stereocenters. The Morgan fingerprint density at radius 2 is 1.79 bits per heavy atom. The molecule has 1 aliphatic heterocycles. The number of hydrogen-bond acceptors (Lipinski definition) is 6. The fourth-order valence-corrected chi connectivity index (χ4v) is 4.66. The lowest BCUT2D eigenvalue weighted by molar-refractivity contribution is 0.161. The van der Waals surface area contributed by atoms with Crippen LogP contribution in [0.25, 0.3) is 0 Å². The Bertz CT molecular complexity index is 732. The quantitative estimate of drug-likeness (QED) is 0.729. The number of piperazine rings is 1. The first kappa shape index (κ1) is 19.2. The number of ether oxygens (including phenoxy) is 1. The van der Waals surface area contributed by atoms with Crippen LogP contribution in [-0.2, 0) is 0 Å². The van der Waals surface area contributed by atoms with E-state index in [4.69, 9.17) is 4.74 Å². The van der Waals surface area contributed by atoms with Crippen LogP contribution in [0, 0.1) is 0 Å². The standard InChI is InChI=1S/C21H32N6O/c1-3-6-20(21-22-23-24-27(21)18-7-4-5-8-18)26-15-13-25(14-16-26)17-9-11-19(28-2)12-10-17/h9-12,18,20H,3-8,13-16H2,1-2H3/t20-/m1/s1. The van der Waals surface area contributed by atoms with Gasteiger partial charge in [0, 0.05) is 31.9 Å². The molecule has 1 saturated carbocycles. The van der Waals surface area contributed by atoms with Gasteiger partial charge in [-0.2, -0.15) is 0 Å². The normalized spacial score (nSPS) is 19.9. The Morgan fingerprint density at radius 3 is 2.43 bits per heavy atom. The van der Waals surface area contributed by atoms with Crippen LogP contribution >= 0.6 is 0 Å². The summed E-state index contributed by atoms with van der Waals surface area (Å²) in [5.41, 5.74) is 1.27. The van der Waals surface area contributed by atoms with Crippen LogP contribution in [0.2, 0.25) is 0 Å². The van der Waals surface area contributed by atoms with Crippen molar-refractivity contribution < 1.29 is 4.74 Å². The minimum absolute atomic E-state index is 0.318. The van der Waals surface area contributed by atoms with Crippen LogP contribution in [0.1, 0.15) is 63.4 Å². The highest BCUT2D eigenvalue weighted by Crippen LogP contribution is 2.33. The lowest BCUT2D eigenvalue weighted by Crippen LogP contribution is -2.48. The summed E-state index contributed by atoms with van der Waals surface area (Å²) in [5, 5.41) is 12.9. The second kappa shape index (κ2) is 8.90. The second-order valence-electron chi connectivity index (χ2n) is 7.95. The minimum atomic E-state index is 0.318. The van der Waals surface area contributed by atoms with Gasteiger partial charge in [0.1, 0.15) is 5.75 Å². The lowest BCUT2D eigenvalue weighted by atomic mass is 10.1. The predicted molar refractivity (Wildman–Crippen MR) is 110 cm³/mol. The molecular formula is C21H32N6O. The van der Waals surface area contributed by atoms with E-state index < -0.39 is 0 Å². The number of aromatic nitrogens is 4. The van der Waals surface area contributed by atoms with E-state index in [1.807, 2.05) is 12.1 Å². The number of tetrazole rings is 1. The highest BCUT2D eigenvalue weighted by molar-refractivity contribution is 5.49. The van der Waals surface area contributed by atoms with Crippen molar-refractivity contribution >= 4 is 5.69 Å². The van der Waals surface area contributed by atoms with Crippen molar-refractivity contribution in [1.82, 2.24) is 25.1 Å². The zero-order valence-corrected chi connectivity index (χ0v) is 17.1. The molecule has 1 aromatic carbocycles. The van der Waals surface area contributed by atoms with Crippen molar-refractivity contribution in [2.45, 2.75) is 57.5 Å². The predicted octanol–water partition coefficient (Wildman–Crippen LogP) is 3.46. The van der Waals surface area contributed by atoms with Gasteiger partial charge in [0.05, 0.1) is 19.2 Å². The Kier molecular flexibility index (Phi) is 6.10. The zero-order chi connectivity index (χ0) is 19.3. The monoisotopic (exact) mass is 384 g/mol. The van der Waals surface area contributed by atoms with Crippen molar-refractivity contribution in [1.29, 1.82) is 0 Å². The van der Waals surface area contributed by atoms with Gasteiger partial charge < -0.3 is 9.64 Å². The maximum absolute atomic E-state index is 5.28. The number of rotatable bonds is 7. The summed E-state index contributed by atoms with van der Waals surface area (Å²) in [4.78, 5) is 5.04. The summed E-state index contributed by atoms with van der Waals surface area (Å²) in [5.74, 6) is 1.98. The molecule has 0 N–H and O–H groups in total. The summed E-state index contributed by atoms with van der Waals surface area (Å²) < 4.78 is 7.42. The maximum Gasteiger partial charge on any atom is 0.168 e. The molecule has 7 heteroatoms. The molecule has 2 fully saturated rings. The molecule has 2 heterocycles. The first-order chi connectivity index (χ1) is 13.8. The van der Waals surface area contributed by atoms with E-state index >= 15 is 0 Å². The molecule has 0 amide bonds. The van der Waals surface area contributed by atoms with Gasteiger partial charge in [0.2, 0.25) is 0 Å². The molecule has 0 spiro atoms. The average Bonchev–Trinajstić information content (AvgIpc) is 3.44. The molecule has 0 radical (unpaired) electrons. The summed E-state index contributed by atoms with van der Waals surface area (Å²) in [7, 11) is 1.71. The van der Waals surface area contributed by atoms with E-state index in [-0.39, 0.29) is 0 Å². The molecule has 4 rings (SSSR count). The van der Waals surface area contributed by atoms with E-state index in [9.17, 15) is 0 Å². The highest BCUT2D eigenvalue weighted by Gasteiger charge is 2.31. The largest absolute Gasteiger partial charge is 0.497 e. The smallest absolute Gasteiger partial charge is 0.168 e. The zero-order valence-electron chi connectivity index (χ0n) is 17.1. The Balaban J connectivity index is 1.44. The molecule has 2 aliphatic rings. The molecule has 1 saturated heterocycles. The van der Waals surface area contributed by atoms with E-state index in [1.54, 1.807) is 7.11 Å². The molecule has 7 nitrogen and oxygen atoms in total. The van der Waals surface area contributed by atoms with Gasteiger partial charge >= 0.3 is 0 Å². The first-order valence-electron chi connectivity index (χ1n) is 10.7. The molecule has 28 heavy (non-hydrogen) atoms. The third-order valence-corrected chi connectivity index (χ3v) is 6.24. The number of hydrogen-bond donors (Lipinski definition) is 0. The lowest BCUT2D eigenvalue weighted by Gasteiger charge is -2.40.